The van der Waals surface area contributed by atoms with Crippen molar-refractivity contribution >= 4 is 17.7 Å². The molecular formula is C15H27N3O2S. The Hall–Kier alpha value is -1.01. The van der Waals surface area contributed by atoms with Gasteiger partial charge in [0, 0.05) is 20.1 Å². The number of hydrogen-bond donors (Lipinski definition) is 1. The van der Waals surface area contributed by atoms with E-state index in [9.17, 15) is 4.79 Å². The summed E-state index contributed by atoms with van der Waals surface area (Å²) < 4.78 is 1.83. The summed E-state index contributed by atoms with van der Waals surface area (Å²) in [6, 6.07) is 0. The lowest BCUT2D eigenvalue weighted by Crippen LogP contribution is -2.38. The number of carbonyl (C=O) groups is 1. The van der Waals surface area contributed by atoms with Crippen molar-refractivity contribution in [2.24, 2.45) is 18.9 Å². The van der Waals surface area contributed by atoms with Gasteiger partial charge in [-0.2, -0.15) is 0 Å². The molecule has 0 radical (unpaired) electrons. The van der Waals surface area contributed by atoms with Crippen molar-refractivity contribution in [1.82, 2.24) is 14.5 Å². The van der Waals surface area contributed by atoms with Gasteiger partial charge in [0.2, 0.25) is 5.91 Å². The first-order chi connectivity index (χ1) is 9.85. The molecular weight excluding hydrogens is 286 g/mol. The number of imidazole rings is 1. The summed E-state index contributed by atoms with van der Waals surface area (Å²) in [6.07, 6.45) is 1.65. The average Bonchev–Trinajstić information content (AvgIpc) is 2.74. The fourth-order valence-corrected chi connectivity index (χ4v) is 2.96. The van der Waals surface area contributed by atoms with E-state index in [1.54, 1.807) is 6.20 Å². The molecule has 0 aliphatic carbocycles. The van der Waals surface area contributed by atoms with Crippen LogP contribution in [0.3, 0.4) is 0 Å². The van der Waals surface area contributed by atoms with Crippen LogP contribution in [0.2, 0.25) is 0 Å². The van der Waals surface area contributed by atoms with Crippen molar-refractivity contribution in [1.29, 1.82) is 0 Å². The number of aromatic nitrogens is 2. The fraction of sp³-hybridized carbons (Fsp3) is 0.733. The second-order valence-electron chi connectivity index (χ2n) is 6.12. The minimum atomic E-state index is -0.0369. The molecule has 0 aliphatic heterocycles. The van der Waals surface area contributed by atoms with Gasteiger partial charge >= 0.3 is 0 Å². The van der Waals surface area contributed by atoms with Crippen LogP contribution in [0.1, 0.15) is 33.4 Å². The van der Waals surface area contributed by atoms with E-state index in [2.05, 4.69) is 32.7 Å². The van der Waals surface area contributed by atoms with Crippen molar-refractivity contribution in [2.75, 3.05) is 18.8 Å². The van der Waals surface area contributed by atoms with Gasteiger partial charge in [0.25, 0.3) is 0 Å². The molecule has 0 bridgehead atoms. The first-order valence-electron chi connectivity index (χ1n) is 7.37. The van der Waals surface area contributed by atoms with Crippen molar-refractivity contribution in [3.8, 4) is 0 Å². The van der Waals surface area contributed by atoms with Gasteiger partial charge < -0.3 is 14.6 Å². The number of aliphatic hydroxyl groups is 1. The zero-order chi connectivity index (χ0) is 16.0. The zero-order valence-corrected chi connectivity index (χ0v) is 14.5. The second kappa shape index (κ2) is 8.44. The molecule has 0 unspecified atom stereocenters. The van der Waals surface area contributed by atoms with Gasteiger partial charge in [0.15, 0.2) is 5.16 Å². The van der Waals surface area contributed by atoms with Crippen LogP contribution in [0, 0.1) is 11.8 Å². The van der Waals surface area contributed by atoms with Crippen LogP contribution in [-0.2, 0) is 18.4 Å². The largest absolute Gasteiger partial charge is 0.390 e. The third-order valence-corrected chi connectivity index (χ3v) is 4.08. The summed E-state index contributed by atoms with van der Waals surface area (Å²) in [5.41, 5.74) is 0.756. The number of carbonyl (C=O) groups excluding carboxylic acids is 1. The molecule has 1 aromatic rings. The summed E-state index contributed by atoms with van der Waals surface area (Å²) in [6.45, 7) is 10.0. The Kier molecular flexibility index (Phi) is 7.25. The molecule has 0 aromatic carbocycles. The number of rotatable bonds is 8. The number of thioether (sulfide) groups is 1. The molecule has 5 nitrogen and oxygen atoms in total. The first-order valence-corrected chi connectivity index (χ1v) is 8.35. The smallest absolute Gasteiger partial charge is 0.233 e. The summed E-state index contributed by atoms with van der Waals surface area (Å²) in [4.78, 5) is 18.6. The van der Waals surface area contributed by atoms with Crippen LogP contribution in [0.15, 0.2) is 11.4 Å². The van der Waals surface area contributed by atoms with Crippen molar-refractivity contribution < 1.29 is 9.90 Å². The maximum absolute atomic E-state index is 12.4. The van der Waals surface area contributed by atoms with Gasteiger partial charge in [-0.3, -0.25) is 4.79 Å². The molecule has 1 rings (SSSR count). The van der Waals surface area contributed by atoms with E-state index in [0.29, 0.717) is 17.6 Å². The maximum Gasteiger partial charge on any atom is 0.233 e. The molecule has 120 valence electrons. The predicted molar refractivity (Wildman–Crippen MR) is 86.1 cm³/mol. The molecule has 1 amide bonds. The Bertz CT molecular complexity index is 448. The molecule has 0 atom stereocenters. The van der Waals surface area contributed by atoms with E-state index in [1.165, 1.54) is 11.8 Å². The molecule has 21 heavy (non-hydrogen) atoms. The fourth-order valence-electron chi connectivity index (χ4n) is 2.08. The lowest BCUT2D eigenvalue weighted by molar-refractivity contribution is -0.129. The highest BCUT2D eigenvalue weighted by Gasteiger charge is 2.17. The molecule has 0 aliphatic rings. The average molecular weight is 313 g/mol. The standard InChI is InChI=1S/C15H27N3O2S/c1-11(2)7-18(8-12(3)4)14(20)10-21-15-16-6-13(9-19)17(15)5/h6,11-12,19H,7-10H2,1-5H3. The quantitative estimate of drug-likeness (QED) is 0.747. The van der Waals surface area contributed by atoms with E-state index < -0.39 is 0 Å². The minimum Gasteiger partial charge on any atom is -0.390 e. The SMILES string of the molecule is CC(C)CN(CC(C)C)C(=O)CSc1ncc(CO)n1C. The molecule has 0 fully saturated rings. The van der Waals surface area contributed by atoms with Crippen molar-refractivity contribution in [2.45, 2.75) is 39.5 Å². The van der Waals surface area contributed by atoms with Gasteiger partial charge in [0.1, 0.15) is 0 Å². The monoisotopic (exact) mass is 313 g/mol. The Morgan fingerprint density at radius 2 is 1.90 bits per heavy atom. The molecule has 0 saturated carbocycles. The Balaban J connectivity index is 2.61. The number of amides is 1. The topological polar surface area (TPSA) is 58.4 Å². The molecule has 6 heteroatoms. The number of hydrogen-bond acceptors (Lipinski definition) is 4. The highest BCUT2D eigenvalue weighted by Crippen LogP contribution is 2.18. The number of nitrogens with zero attached hydrogens (tertiary/aromatic N) is 3. The van der Waals surface area contributed by atoms with Crippen LogP contribution >= 0.6 is 11.8 Å². The Morgan fingerprint density at radius 1 is 1.33 bits per heavy atom. The van der Waals surface area contributed by atoms with Crippen molar-refractivity contribution in [3.63, 3.8) is 0 Å². The maximum atomic E-state index is 12.4. The van der Waals surface area contributed by atoms with E-state index in [0.717, 1.165) is 23.9 Å². The van der Waals surface area contributed by atoms with E-state index >= 15 is 0 Å². The molecule has 1 aromatic heterocycles. The normalized spacial score (nSPS) is 11.4. The van der Waals surface area contributed by atoms with Crippen LogP contribution in [0.25, 0.3) is 0 Å². The van der Waals surface area contributed by atoms with Crippen LogP contribution in [0.4, 0.5) is 0 Å². The third-order valence-electron chi connectivity index (χ3n) is 3.05. The molecule has 1 N–H and O–H groups in total. The van der Waals surface area contributed by atoms with Crippen molar-refractivity contribution in [3.05, 3.63) is 11.9 Å². The van der Waals surface area contributed by atoms with Gasteiger partial charge in [0.05, 0.1) is 24.3 Å². The van der Waals surface area contributed by atoms with Gasteiger partial charge in [-0.15, -0.1) is 0 Å². The summed E-state index contributed by atoms with van der Waals surface area (Å²) in [7, 11) is 1.85. The van der Waals surface area contributed by atoms with Gasteiger partial charge in [-0.05, 0) is 11.8 Å². The third kappa shape index (κ3) is 5.71. The lowest BCUT2D eigenvalue weighted by atomic mass is 10.1. The molecule has 0 saturated heterocycles. The highest BCUT2D eigenvalue weighted by atomic mass is 32.2. The second-order valence-corrected chi connectivity index (χ2v) is 7.07. The van der Waals surface area contributed by atoms with Gasteiger partial charge in [-0.25, -0.2) is 4.98 Å². The zero-order valence-electron chi connectivity index (χ0n) is 13.7. The van der Waals surface area contributed by atoms with Crippen LogP contribution in [0.5, 0.6) is 0 Å². The van der Waals surface area contributed by atoms with E-state index in [1.807, 2.05) is 16.5 Å². The van der Waals surface area contributed by atoms with Crippen LogP contribution in [-0.4, -0.2) is 44.3 Å². The molecule has 1 heterocycles. The lowest BCUT2D eigenvalue weighted by Gasteiger charge is -2.26. The summed E-state index contributed by atoms with van der Waals surface area (Å²) >= 11 is 1.42. The summed E-state index contributed by atoms with van der Waals surface area (Å²) in [5, 5.41) is 9.92. The first kappa shape index (κ1) is 18.0. The van der Waals surface area contributed by atoms with E-state index in [-0.39, 0.29) is 12.5 Å². The Labute approximate surface area is 131 Å². The van der Waals surface area contributed by atoms with Gasteiger partial charge in [-0.1, -0.05) is 39.5 Å². The Morgan fingerprint density at radius 3 is 2.33 bits per heavy atom. The van der Waals surface area contributed by atoms with E-state index in [4.69, 9.17) is 5.11 Å². The summed E-state index contributed by atoms with van der Waals surface area (Å²) in [5.74, 6) is 1.46. The highest BCUT2D eigenvalue weighted by molar-refractivity contribution is 7.99. The van der Waals surface area contributed by atoms with Crippen LogP contribution < -0.4 is 0 Å². The minimum absolute atomic E-state index is 0.0369. The predicted octanol–water partition coefficient (Wildman–Crippen LogP) is 2.15. The molecule has 0 spiro atoms. The number of aliphatic hydroxyl groups excluding tert-OH is 1.